The fourth-order valence-corrected chi connectivity index (χ4v) is 3.10. The summed E-state index contributed by atoms with van der Waals surface area (Å²) in [6.45, 7) is 1.68. The molecule has 32 heavy (non-hydrogen) atoms. The van der Waals surface area contributed by atoms with Gasteiger partial charge in [-0.1, -0.05) is 36.4 Å². The smallest absolute Gasteiger partial charge is 0.332 e. The lowest BCUT2D eigenvalue weighted by molar-refractivity contribution is -0.148. The van der Waals surface area contributed by atoms with Crippen LogP contribution < -0.4 is 10.1 Å². The molecule has 166 valence electrons. The summed E-state index contributed by atoms with van der Waals surface area (Å²) in [6.07, 6.45) is 3.10. The molecule has 0 saturated carbocycles. The number of benzene rings is 2. The summed E-state index contributed by atoms with van der Waals surface area (Å²) in [7, 11) is 1.42. The number of carbonyl (C=O) groups is 3. The van der Waals surface area contributed by atoms with Crippen molar-refractivity contribution in [3.05, 3.63) is 77.5 Å². The molecule has 1 heterocycles. The summed E-state index contributed by atoms with van der Waals surface area (Å²) < 4.78 is 15.5. The average Bonchev–Trinajstić information content (AvgIpc) is 2.77. The van der Waals surface area contributed by atoms with Crippen LogP contribution in [-0.2, 0) is 30.5 Å². The fourth-order valence-electron chi connectivity index (χ4n) is 3.10. The van der Waals surface area contributed by atoms with E-state index < -0.39 is 24.0 Å². The molecule has 0 bridgehead atoms. The number of carbonyl (C=O) groups excluding carboxylic acids is 3. The van der Waals surface area contributed by atoms with Crippen molar-refractivity contribution in [2.75, 3.05) is 7.11 Å². The first-order valence-electron chi connectivity index (χ1n) is 9.86. The SMILES string of the molecule is COc1cc(/C=C/C(=O)O[C@H](C)[C@H]2C(=O)N/C2=C\C(=O)OCc2ccccc2)ccc1O. The van der Waals surface area contributed by atoms with Crippen LogP contribution in [0.2, 0.25) is 0 Å². The lowest BCUT2D eigenvalue weighted by atomic mass is 9.90. The minimum Gasteiger partial charge on any atom is -0.504 e. The summed E-state index contributed by atoms with van der Waals surface area (Å²) in [5.74, 6) is -2.12. The van der Waals surface area contributed by atoms with Gasteiger partial charge in [-0.05, 0) is 36.3 Å². The lowest BCUT2D eigenvalue weighted by Gasteiger charge is -2.33. The zero-order chi connectivity index (χ0) is 23.1. The molecule has 1 amide bonds. The van der Waals surface area contributed by atoms with E-state index in [1.807, 2.05) is 30.3 Å². The average molecular weight is 437 g/mol. The third kappa shape index (κ3) is 5.75. The number of methoxy groups -OCH3 is 1. The maximum absolute atomic E-state index is 12.2. The number of phenolic OH excluding ortho intramolecular Hbond substituents is 1. The van der Waals surface area contributed by atoms with Crippen LogP contribution in [0.5, 0.6) is 11.5 Å². The normalized spacial score (nSPS) is 17.4. The predicted octanol–water partition coefficient (Wildman–Crippen LogP) is 2.72. The van der Waals surface area contributed by atoms with Crippen LogP contribution in [0.4, 0.5) is 0 Å². The van der Waals surface area contributed by atoms with Crippen molar-refractivity contribution in [3.8, 4) is 11.5 Å². The van der Waals surface area contributed by atoms with Crippen molar-refractivity contribution < 1.29 is 33.7 Å². The molecule has 8 nitrogen and oxygen atoms in total. The molecule has 2 N–H and O–H groups in total. The number of aromatic hydroxyl groups is 1. The van der Waals surface area contributed by atoms with Crippen LogP contribution in [0.1, 0.15) is 18.1 Å². The highest BCUT2D eigenvalue weighted by Crippen LogP contribution is 2.27. The largest absolute Gasteiger partial charge is 0.504 e. The van der Waals surface area contributed by atoms with E-state index >= 15 is 0 Å². The summed E-state index contributed by atoms with van der Waals surface area (Å²) in [5.41, 5.74) is 1.79. The van der Waals surface area contributed by atoms with Gasteiger partial charge in [0.2, 0.25) is 5.91 Å². The third-order valence-corrected chi connectivity index (χ3v) is 4.77. The van der Waals surface area contributed by atoms with Gasteiger partial charge < -0.3 is 24.6 Å². The van der Waals surface area contributed by atoms with Gasteiger partial charge in [-0.3, -0.25) is 4.79 Å². The van der Waals surface area contributed by atoms with Crippen molar-refractivity contribution in [2.45, 2.75) is 19.6 Å². The Morgan fingerprint density at radius 2 is 1.91 bits per heavy atom. The summed E-state index contributed by atoms with van der Waals surface area (Å²) >= 11 is 0. The molecule has 2 atom stereocenters. The molecule has 1 aliphatic heterocycles. The standard InChI is InChI=1S/C24H23NO7/c1-15(32-21(27)11-9-16-8-10-19(26)20(12-16)30-2)23-18(25-24(23)29)13-22(28)31-14-17-6-4-3-5-7-17/h3-13,15,23,26H,14H2,1-2H3,(H,25,29)/b11-9+,18-13-/t15-,23-/m1/s1. The summed E-state index contributed by atoms with van der Waals surface area (Å²) in [4.78, 5) is 36.2. The number of phenols is 1. The molecule has 3 rings (SSSR count). The topological polar surface area (TPSA) is 111 Å². The molecule has 0 radical (unpaired) electrons. The molecular weight excluding hydrogens is 414 g/mol. The maximum Gasteiger partial charge on any atom is 0.332 e. The zero-order valence-electron chi connectivity index (χ0n) is 17.6. The Kier molecular flexibility index (Phi) is 7.28. The molecular formula is C24H23NO7. The molecule has 1 fully saturated rings. The minimum absolute atomic E-state index is 0.0153. The molecule has 0 aromatic heterocycles. The van der Waals surface area contributed by atoms with Gasteiger partial charge in [0.05, 0.1) is 7.11 Å². The van der Waals surface area contributed by atoms with E-state index in [1.54, 1.807) is 19.1 Å². The predicted molar refractivity (Wildman–Crippen MR) is 115 cm³/mol. The van der Waals surface area contributed by atoms with Gasteiger partial charge in [0.25, 0.3) is 0 Å². The van der Waals surface area contributed by atoms with E-state index in [0.717, 1.165) is 5.56 Å². The molecule has 0 aliphatic carbocycles. The van der Waals surface area contributed by atoms with Crippen LogP contribution in [0.3, 0.4) is 0 Å². The molecule has 2 aromatic rings. The molecule has 0 spiro atoms. The first-order chi connectivity index (χ1) is 15.4. The van der Waals surface area contributed by atoms with Gasteiger partial charge in [-0.15, -0.1) is 0 Å². The second kappa shape index (κ2) is 10.3. The highest BCUT2D eigenvalue weighted by molar-refractivity contribution is 5.96. The van der Waals surface area contributed by atoms with E-state index in [0.29, 0.717) is 11.3 Å². The lowest BCUT2D eigenvalue weighted by Crippen LogP contribution is -2.52. The van der Waals surface area contributed by atoms with E-state index in [2.05, 4.69) is 5.32 Å². The summed E-state index contributed by atoms with van der Waals surface area (Å²) in [6, 6.07) is 13.8. The van der Waals surface area contributed by atoms with E-state index in [4.69, 9.17) is 14.2 Å². The van der Waals surface area contributed by atoms with Crippen molar-refractivity contribution in [1.29, 1.82) is 0 Å². The van der Waals surface area contributed by atoms with Gasteiger partial charge in [-0.2, -0.15) is 0 Å². The van der Waals surface area contributed by atoms with Crippen LogP contribution in [0.25, 0.3) is 6.08 Å². The van der Waals surface area contributed by atoms with Crippen LogP contribution >= 0.6 is 0 Å². The number of ether oxygens (including phenoxy) is 3. The van der Waals surface area contributed by atoms with Crippen molar-refractivity contribution >= 4 is 23.9 Å². The van der Waals surface area contributed by atoms with Crippen LogP contribution in [0, 0.1) is 5.92 Å². The number of β-lactam (4-membered cyclic amide) rings is 1. The Bertz CT molecular complexity index is 1060. The minimum atomic E-state index is -0.788. The van der Waals surface area contributed by atoms with Crippen LogP contribution in [-0.4, -0.2) is 36.2 Å². The first-order valence-corrected chi connectivity index (χ1v) is 9.86. The van der Waals surface area contributed by atoms with Crippen molar-refractivity contribution in [3.63, 3.8) is 0 Å². The number of amides is 1. The molecule has 1 saturated heterocycles. The highest BCUT2D eigenvalue weighted by Gasteiger charge is 2.40. The quantitative estimate of drug-likeness (QED) is 0.371. The first kappa shape index (κ1) is 22.6. The number of hydrogen-bond acceptors (Lipinski definition) is 7. The van der Waals surface area contributed by atoms with Gasteiger partial charge in [0, 0.05) is 17.8 Å². The number of nitrogens with one attached hydrogen (secondary N) is 1. The fraction of sp³-hybridized carbons (Fsp3) is 0.208. The van der Waals surface area contributed by atoms with E-state index in [1.165, 1.54) is 31.4 Å². The molecule has 0 unspecified atom stereocenters. The Hall–Kier alpha value is -4.07. The highest BCUT2D eigenvalue weighted by atomic mass is 16.5. The number of esters is 2. The second-order valence-electron chi connectivity index (χ2n) is 7.07. The van der Waals surface area contributed by atoms with Crippen LogP contribution in [0.15, 0.2) is 66.4 Å². The molecule has 8 heteroatoms. The number of rotatable bonds is 8. The molecule has 2 aromatic carbocycles. The zero-order valence-corrected chi connectivity index (χ0v) is 17.6. The second-order valence-corrected chi connectivity index (χ2v) is 7.07. The van der Waals surface area contributed by atoms with Gasteiger partial charge in [0.1, 0.15) is 18.6 Å². The maximum atomic E-state index is 12.2. The Labute approximate surface area is 185 Å². The Morgan fingerprint density at radius 3 is 2.59 bits per heavy atom. The third-order valence-electron chi connectivity index (χ3n) is 4.77. The van der Waals surface area contributed by atoms with E-state index in [9.17, 15) is 19.5 Å². The van der Waals surface area contributed by atoms with Crippen molar-refractivity contribution in [1.82, 2.24) is 5.32 Å². The summed E-state index contributed by atoms with van der Waals surface area (Å²) in [5, 5.41) is 12.1. The molecule has 1 aliphatic rings. The van der Waals surface area contributed by atoms with Gasteiger partial charge in [-0.25, -0.2) is 9.59 Å². The van der Waals surface area contributed by atoms with Gasteiger partial charge in [0.15, 0.2) is 11.5 Å². The number of hydrogen-bond donors (Lipinski definition) is 2. The van der Waals surface area contributed by atoms with E-state index in [-0.39, 0.29) is 24.0 Å². The Balaban J connectivity index is 1.55. The monoisotopic (exact) mass is 437 g/mol. The Morgan fingerprint density at radius 1 is 1.16 bits per heavy atom. The van der Waals surface area contributed by atoms with Crippen molar-refractivity contribution in [2.24, 2.45) is 5.92 Å². The van der Waals surface area contributed by atoms with Gasteiger partial charge >= 0.3 is 11.9 Å².